The molecular weight excluding hydrogens is 331 g/mol. The predicted molar refractivity (Wildman–Crippen MR) is 91.9 cm³/mol. The number of hydrogen-bond donors (Lipinski definition) is 2. The number of carbonyl (C=O) groups is 1. The average molecular weight is 350 g/mol. The standard InChI is InChI=1S/C17H19FN2O3S/c1-3-4-13-5-8-15(9-6-13)24(22,23)20-17-11-14(19-12(2)21)7-10-16(17)18/h5-11,20H,3-4H2,1-2H3,(H,19,21). The highest BCUT2D eigenvalue weighted by Gasteiger charge is 2.17. The number of halogens is 1. The molecule has 0 saturated heterocycles. The van der Waals surface area contributed by atoms with Crippen molar-refractivity contribution in [1.82, 2.24) is 0 Å². The molecule has 2 N–H and O–H groups in total. The molecule has 24 heavy (non-hydrogen) atoms. The first-order valence-electron chi connectivity index (χ1n) is 7.50. The van der Waals surface area contributed by atoms with Crippen molar-refractivity contribution >= 4 is 27.3 Å². The van der Waals surface area contributed by atoms with E-state index in [1.54, 1.807) is 12.1 Å². The second kappa shape index (κ2) is 7.44. The average Bonchev–Trinajstić information content (AvgIpc) is 2.51. The molecule has 0 saturated carbocycles. The van der Waals surface area contributed by atoms with E-state index in [4.69, 9.17) is 0 Å². The zero-order valence-electron chi connectivity index (χ0n) is 13.5. The summed E-state index contributed by atoms with van der Waals surface area (Å²) in [5, 5.41) is 2.48. The number of aryl methyl sites for hydroxylation is 1. The highest BCUT2D eigenvalue weighted by molar-refractivity contribution is 7.92. The molecule has 0 unspecified atom stereocenters. The van der Waals surface area contributed by atoms with Crippen molar-refractivity contribution in [3.63, 3.8) is 0 Å². The quantitative estimate of drug-likeness (QED) is 0.837. The number of benzene rings is 2. The lowest BCUT2D eigenvalue weighted by Crippen LogP contribution is -2.14. The van der Waals surface area contributed by atoms with E-state index in [0.717, 1.165) is 24.5 Å². The van der Waals surface area contributed by atoms with Gasteiger partial charge in [-0.3, -0.25) is 9.52 Å². The fraction of sp³-hybridized carbons (Fsp3) is 0.235. The molecule has 0 aliphatic heterocycles. The number of rotatable bonds is 6. The van der Waals surface area contributed by atoms with Crippen molar-refractivity contribution in [2.75, 3.05) is 10.0 Å². The fourth-order valence-electron chi connectivity index (χ4n) is 2.21. The molecule has 0 aromatic heterocycles. The van der Waals surface area contributed by atoms with Gasteiger partial charge in [0.25, 0.3) is 10.0 Å². The van der Waals surface area contributed by atoms with Gasteiger partial charge in [0.2, 0.25) is 5.91 Å². The maximum Gasteiger partial charge on any atom is 0.261 e. The maximum atomic E-state index is 13.9. The molecule has 0 atom stereocenters. The van der Waals surface area contributed by atoms with Crippen LogP contribution in [-0.2, 0) is 21.2 Å². The molecule has 0 aliphatic rings. The second-order valence-electron chi connectivity index (χ2n) is 5.38. The largest absolute Gasteiger partial charge is 0.326 e. The summed E-state index contributed by atoms with van der Waals surface area (Å²) in [7, 11) is -3.92. The zero-order chi connectivity index (χ0) is 17.7. The summed E-state index contributed by atoms with van der Waals surface area (Å²) in [6.07, 6.45) is 1.83. The van der Waals surface area contributed by atoms with Crippen LogP contribution in [-0.4, -0.2) is 14.3 Å². The Kier molecular flexibility index (Phi) is 5.56. The summed E-state index contributed by atoms with van der Waals surface area (Å²) in [4.78, 5) is 11.1. The fourth-order valence-corrected chi connectivity index (χ4v) is 3.27. The van der Waals surface area contributed by atoms with Crippen LogP contribution in [0.5, 0.6) is 0 Å². The molecule has 2 aromatic carbocycles. The van der Waals surface area contributed by atoms with E-state index in [1.807, 2.05) is 6.92 Å². The monoisotopic (exact) mass is 350 g/mol. The van der Waals surface area contributed by atoms with Crippen molar-refractivity contribution in [3.8, 4) is 0 Å². The summed E-state index contributed by atoms with van der Waals surface area (Å²) in [5.41, 5.74) is 1.12. The van der Waals surface area contributed by atoms with Gasteiger partial charge in [-0.1, -0.05) is 25.5 Å². The number of hydrogen-bond acceptors (Lipinski definition) is 3. The minimum atomic E-state index is -3.92. The predicted octanol–water partition coefficient (Wildman–Crippen LogP) is 3.54. The smallest absolute Gasteiger partial charge is 0.261 e. The Bertz CT molecular complexity index is 833. The molecular formula is C17H19FN2O3S. The normalized spacial score (nSPS) is 11.1. The van der Waals surface area contributed by atoms with Gasteiger partial charge in [0, 0.05) is 12.6 Å². The van der Waals surface area contributed by atoms with Gasteiger partial charge in [0.1, 0.15) is 5.82 Å². The summed E-state index contributed by atoms with van der Waals surface area (Å²) < 4.78 is 40.9. The van der Waals surface area contributed by atoms with Crippen molar-refractivity contribution in [2.24, 2.45) is 0 Å². The highest BCUT2D eigenvalue weighted by Crippen LogP contribution is 2.23. The zero-order valence-corrected chi connectivity index (χ0v) is 14.3. The number of sulfonamides is 1. The van der Waals surface area contributed by atoms with Crippen LogP contribution < -0.4 is 10.0 Å². The lowest BCUT2D eigenvalue weighted by Gasteiger charge is -2.11. The van der Waals surface area contributed by atoms with E-state index in [-0.39, 0.29) is 16.5 Å². The molecule has 0 spiro atoms. The number of anilines is 2. The Morgan fingerprint density at radius 3 is 2.38 bits per heavy atom. The molecule has 0 fully saturated rings. The molecule has 0 radical (unpaired) electrons. The minimum absolute atomic E-state index is 0.0479. The molecule has 2 aromatic rings. The third-order valence-electron chi connectivity index (χ3n) is 3.30. The van der Waals surface area contributed by atoms with E-state index < -0.39 is 15.8 Å². The maximum absolute atomic E-state index is 13.9. The molecule has 1 amide bonds. The molecule has 128 valence electrons. The van der Waals surface area contributed by atoms with Gasteiger partial charge in [-0.05, 0) is 42.3 Å². The van der Waals surface area contributed by atoms with Crippen LogP contribution in [0.4, 0.5) is 15.8 Å². The number of carbonyl (C=O) groups excluding carboxylic acids is 1. The van der Waals surface area contributed by atoms with E-state index >= 15 is 0 Å². The van der Waals surface area contributed by atoms with Crippen LogP contribution in [0.2, 0.25) is 0 Å². The van der Waals surface area contributed by atoms with E-state index in [1.165, 1.54) is 31.2 Å². The van der Waals surface area contributed by atoms with Crippen LogP contribution in [0.25, 0.3) is 0 Å². The van der Waals surface area contributed by atoms with Gasteiger partial charge in [-0.2, -0.15) is 0 Å². The molecule has 5 nitrogen and oxygen atoms in total. The third-order valence-corrected chi connectivity index (χ3v) is 4.68. The number of nitrogens with one attached hydrogen (secondary N) is 2. The van der Waals surface area contributed by atoms with E-state index in [2.05, 4.69) is 10.0 Å². The lowest BCUT2D eigenvalue weighted by atomic mass is 10.1. The molecule has 0 heterocycles. The topological polar surface area (TPSA) is 75.3 Å². The summed E-state index contributed by atoms with van der Waals surface area (Å²) in [5.74, 6) is -1.06. The van der Waals surface area contributed by atoms with Gasteiger partial charge in [0.15, 0.2) is 0 Å². The molecule has 2 rings (SSSR count). The summed E-state index contributed by atoms with van der Waals surface area (Å²) >= 11 is 0. The minimum Gasteiger partial charge on any atom is -0.326 e. The Balaban J connectivity index is 2.26. The summed E-state index contributed by atoms with van der Waals surface area (Å²) in [6.45, 7) is 3.35. The van der Waals surface area contributed by atoms with Gasteiger partial charge in [-0.25, -0.2) is 12.8 Å². The van der Waals surface area contributed by atoms with Gasteiger partial charge in [-0.15, -0.1) is 0 Å². The Morgan fingerprint density at radius 2 is 1.79 bits per heavy atom. The van der Waals surface area contributed by atoms with E-state index in [9.17, 15) is 17.6 Å². The van der Waals surface area contributed by atoms with Gasteiger partial charge < -0.3 is 5.32 Å². The summed E-state index contributed by atoms with van der Waals surface area (Å²) in [6, 6.07) is 10.1. The van der Waals surface area contributed by atoms with Crippen molar-refractivity contribution in [3.05, 3.63) is 53.8 Å². The number of amides is 1. The first-order valence-corrected chi connectivity index (χ1v) is 8.99. The van der Waals surface area contributed by atoms with Crippen LogP contribution in [0.1, 0.15) is 25.8 Å². The first-order chi connectivity index (χ1) is 11.3. The molecule has 0 aliphatic carbocycles. The first kappa shape index (κ1) is 17.9. The molecule has 0 bridgehead atoms. The SMILES string of the molecule is CCCc1ccc(S(=O)(=O)Nc2cc(NC(C)=O)ccc2F)cc1. The van der Waals surface area contributed by atoms with Crippen LogP contribution in [0.3, 0.4) is 0 Å². The van der Waals surface area contributed by atoms with Crippen LogP contribution >= 0.6 is 0 Å². The van der Waals surface area contributed by atoms with Crippen molar-refractivity contribution < 1.29 is 17.6 Å². The van der Waals surface area contributed by atoms with Crippen LogP contribution in [0.15, 0.2) is 47.4 Å². The Labute approximate surface area is 141 Å². The molecule has 7 heteroatoms. The van der Waals surface area contributed by atoms with Gasteiger partial charge in [0.05, 0.1) is 10.6 Å². The Morgan fingerprint density at radius 1 is 1.12 bits per heavy atom. The third kappa shape index (κ3) is 4.55. The van der Waals surface area contributed by atoms with Gasteiger partial charge >= 0.3 is 0 Å². The van der Waals surface area contributed by atoms with Crippen molar-refractivity contribution in [2.45, 2.75) is 31.6 Å². The second-order valence-corrected chi connectivity index (χ2v) is 7.06. The van der Waals surface area contributed by atoms with E-state index in [0.29, 0.717) is 5.69 Å². The van der Waals surface area contributed by atoms with Crippen molar-refractivity contribution in [1.29, 1.82) is 0 Å². The lowest BCUT2D eigenvalue weighted by molar-refractivity contribution is -0.114. The van der Waals surface area contributed by atoms with Crippen LogP contribution in [0, 0.1) is 5.82 Å². The highest BCUT2D eigenvalue weighted by atomic mass is 32.2. The Hall–Kier alpha value is -2.41.